The van der Waals surface area contributed by atoms with Gasteiger partial charge in [-0.1, -0.05) is 27.7 Å². The number of H-pyrrole nitrogens is 2. The zero-order valence-corrected chi connectivity index (χ0v) is 13.4. The Balaban J connectivity index is 1.81. The fourth-order valence-corrected chi connectivity index (χ4v) is 3.05. The maximum absolute atomic E-state index is 4.70. The molecule has 3 aromatic rings. The lowest BCUT2D eigenvalue weighted by atomic mass is 9.87. The van der Waals surface area contributed by atoms with E-state index in [-0.39, 0.29) is 5.41 Å². The Morgan fingerprint density at radius 1 is 1.18 bits per heavy atom. The maximum atomic E-state index is 4.70. The van der Waals surface area contributed by atoms with Gasteiger partial charge in [0.05, 0.1) is 11.0 Å². The molecule has 0 unspecified atom stereocenters. The van der Waals surface area contributed by atoms with Crippen molar-refractivity contribution in [3.8, 4) is 11.5 Å². The quantitative estimate of drug-likeness (QED) is 0.674. The zero-order chi connectivity index (χ0) is 15.5. The van der Waals surface area contributed by atoms with Crippen LogP contribution in [0.4, 0.5) is 5.69 Å². The molecule has 0 saturated heterocycles. The van der Waals surface area contributed by atoms with Crippen LogP contribution in [-0.4, -0.2) is 26.7 Å². The average Bonchev–Trinajstić information content (AvgIpc) is 3.14. The van der Waals surface area contributed by atoms with Gasteiger partial charge in [-0.3, -0.25) is 5.10 Å². The predicted molar refractivity (Wildman–Crippen MR) is 89.3 cm³/mol. The largest absolute Gasteiger partial charge is 0.384 e. The van der Waals surface area contributed by atoms with Crippen LogP contribution in [0.5, 0.6) is 0 Å². The normalized spacial score (nSPS) is 16.2. The average molecular weight is 295 g/mol. The van der Waals surface area contributed by atoms with Gasteiger partial charge in [0.2, 0.25) is 0 Å². The number of benzene rings is 1. The summed E-state index contributed by atoms with van der Waals surface area (Å²) in [6.07, 6.45) is 0. The molecule has 0 aliphatic carbocycles. The zero-order valence-electron chi connectivity index (χ0n) is 13.4. The van der Waals surface area contributed by atoms with Gasteiger partial charge in [0.1, 0.15) is 5.69 Å². The number of hydrogen-bond donors (Lipinski definition) is 3. The lowest BCUT2D eigenvalue weighted by Crippen LogP contribution is -2.18. The summed E-state index contributed by atoms with van der Waals surface area (Å²) in [5, 5.41) is 10.9. The van der Waals surface area contributed by atoms with E-state index in [1.165, 1.54) is 11.3 Å². The molecule has 3 N–H and O–H groups in total. The van der Waals surface area contributed by atoms with Crippen LogP contribution in [-0.2, 0) is 5.41 Å². The highest BCUT2D eigenvalue weighted by molar-refractivity contribution is 5.85. The molecule has 0 saturated carbocycles. The number of rotatable bonds is 2. The van der Waals surface area contributed by atoms with Crippen LogP contribution >= 0.6 is 0 Å². The molecule has 3 heterocycles. The van der Waals surface area contributed by atoms with Crippen molar-refractivity contribution in [1.29, 1.82) is 0 Å². The van der Waals surface area contributed by atoms with Crippen LogP contribution in [0, 0.1) is 0 Å². The van der Waals surface area contributed by atoms with Gasteiger partial charge in [-0.25, -0.2) is 4.98 Å². The molecule has 0 spiro atoms. The third kappa shape index (κ3) is 1.92. The molecule has 1 aliphatic rings. The van der Waals surface area contributed by atoms with Crippen LogP contribution in [0.1, 0.15) is 44.9 Å². The molecule has 4 rings (SSSR count). The minimum Gasteiger partial charge on any atom is -0.384 e. The van der Waals surface area contributed by atoms with Gasteiger partial charge >= 0.3 is 0 Å². The summed E-state index contributed by atoms with van der Waals surface area (Å²) in [4.78, 5) is 8.11. The van der Waals surface area contributed by atoms with Crippen molar-refractivity contribution in [3.63, 3.8) is 0 Å². The molecule has 0 amide bonds. The lowest BCUT2D eigenvalue weighted by Gasteiger charge is -2.16. The summed E-state index contributed by atoms with van der Waals surface area (Å²) in [5.74, 6) is 1.25. The van der Waals surface area contributed by atoms with E-state index in [0.29, 0.717) is 5.92 Å². The van der Waals surface area contributed by atoms with E-state index >= 15 is 0 Å². The molecule has 0 fully saturated rings. The summed E-state index contributed by atoms with van der Waals surface area (Å²) in [5.41, 5.74) is 6.74. The fourth-order valence-electron chi connectivity index (χ4n) is 3.05. The molecular formula is C17H21N5. The Labute approximate surface area is 129 Å². The van der Waals surface area contributed by atoms with Crippen LogP contribution in [0.25, 0.3) is 22.6 Å². The second kappa shape index (κ2) is 4.35. The van der Waals surface area contributed by atoms with E-state index in [9.17, 15) is 0 Å². The number of imidazole rings is 1. The first-order valence-electron chi connectivity index (χ1n) is 7.78. The number of nitrogens with one attached hydrogen (secondary N) is 3. The third-order valence-electron chi connectivity index (χ3n) is 4.53. The van der Waals surface area contributed by atoms with Crippen LogP contribution in [0.3, 0.4) is 0 Å². The Morgan fingerprint density at radius 3 is 2.73 bits per heavy atom. The fraction of sp³-hybridized carbons (Fsp3) is 0.412. The van der Waals surface area contributed by atoms with E-state index in [1.54, 1.807) is 0 Å². The van der Waals surface area contributed by atoms with Gasteiger partial charge in [0.15, 0.2) is 5.82 Å². The highest BCUT2D eigenvalue weighted by atomic mass is 15.1. The van der Waals surface area contributed by atoms with E-state index in [2.05, 4.69) is 66.4 Å². The number of fused-ring (bicyclic) bond motifs is 2. The monoisotopic (exact) mass is 295 g/mol. The Hall–Kier alpha value is -2.30. The Bertz CT molecular complexity index is 853. The second-order valence-corrected chi connectivity index (χ2v) is 7.10. The Morgan fingerprint density at radius 2 is 2.00 bits per heavy atom. The van der Waals surface area contributed by atoms with Crippen molar-refractivity contribution in [2.24, 2.45) is 0 Å². The molecule has 22 heavy (non-hydrogen) atoms. The first kappa shape index (κ1) is 13.4. The van der Waals surface area contributed by atoms with Crippen LogP contribution in [0.15, 0.2) is 18.2 Å². The van der Waals surface area contributed by atoms with Crippen molar-refractivity contribution < 1.29 is 0 Å². The van der Waals surface area contributed by atoms with Crippen molar-refractivity contribution >= 4 is 16.7 Å². The molecule has 0 radical (unpaired) electrons. The molecule has 1 aromatic carbocycles. The lowest BCUT2D eigenvalue weighted by molar-refractivity contribution is 0.586. The van der Waals surface area contributed by atoms with Gasteiger partial charge in [-0.2, -0.15) is 5.10 Å². The predicted octanol–water partition coefficient (Wildman–Crippen LogP) is 3.78. The highest BCUT2D eigenvalue weighted by Crippen LogP contribution is 2.38. The standard InChI is InChI=1S/C17H21N5/c1-9(2)11-6-15(22-21-11)16-19-13-5-10-12(7-14(13)20-16)18-8-17(10,3)4/h5-7,9,18H,8H2,1-4H3,(H,19,20)(H,21,22). The van der Waals surface area contributed by atoms with Crippen molar-refractivity contribution in [3.05, 3.63) is 29.5 Å². The number of aromatic amines is 2. The highest BCUT2D eigenvalue weighted by Gasteiger charge is 2.30. The second-order valence-electron chi connectivity index (χ2n) is 7.10. The number of anilines is 1. The van der Waals surface area contributed by atoms with Gasteiger partial charge in [0, 0.05) is 23.3 Å². The first-order valence-corrected chi connectivity index (χ1v) is 7.78. The first-order chi connectivity index (χ1) is 10.4. The molecule has 0 bridgehead atoms. The minimum atomic E-state index is 0.159. The molecule has 1 aliphatic heterocycles. The summed E-state index contributed by atoms with van der Waals surface area (Å²) < 4.78 is 0. The molecule has 114 valence electrons. The van der Waals surface area contributed by atoms with Gasteiger partial charge in [0.25, 0.3) is 0 Å². The van der Waals surface area contributed by atoms with Gasteiger partial charge in [-0.15, -0.1) is 0 Å². The molecule has 5 heteroatoms. The topological polar surface area (TPSA) is 69.4 Å². The molecule has 2 aromatic heterocycles. The number of nitrogens with zero attached hydrogens (tertiary/aromatic N) is 2. The van der Waals surface area contributed by atoms with Crippen molar-refractivity contribution in [1.82, 2.24) is 20.2 Å². The van der Waals surface area contributed by atoms with Crippen molar-refractivity contribution in [2.75, 3.05) is 11.9 Å². The third-order valence-corrected chi connectivity index (χ3v) is 4.53. The van der Waals surface area contributed by atoms with E-state index < -0.39 is 0 Å². The summed E-state index contributed by atoms with van der Waals surface area (Å²) >= 11 is 0. The summed E-state index contributed by atoms with van der Waals surface area (Å²) in [7, 11) is 0. The SMILES string of the molecule is CC(C)c1cc(-c2nc3cc4c(cc3[nH]2)C(C)(C)CN4)n[nH]1. The van der Waals surface area contributed by atoms with E-state index in [1.807, 2.05) is 0 Å². The molecule has 5 nitrogen and oxygen atoms in total. The van der Waals surface area contributed by atoms with E-state index in [4.69, 9.17) is 4.98 Å². The van der Waals surface area contributed by atoms with E-state index in [0.717, 1.165) is 34.8 Å². The van der Waals surface area contributed by atoms with Crippen LogP contribution in [0.2, 0.25) is 0 Å². The van der Waals surface area contributed by atoms with Crippen LogP contribution < -0.4 is 5.32 Å². The number of aromatic nitrogens is 4. The Kier molecular flexibility index (Phi) is 2.64. The smallest absolute Gasteiger partial charge is 0.159 e. The number of hydrogen-bond acceptors (Lipinski definition) is 3. The van der Waals surface area contributed by atoms with Gasteiger partial charge < -0.3 is 10.3 Å². The molecule has 0 atom stereocenters. The van der Waals surface area contributed by atoms with Crippen molar-refractivity contribution in [2.45, 2.75) is 39.0 Å². The minimum absolute atomic E-state index is 0.159. The van der Waals surface area contributed by atoms with Gasteiger partial charge in [-0.05, 0) is 29.7 Å². The summed E-state index contributed by atoms with van der Waals surface area (Å²) in [6, 6.07) is 6.42. The summed E-state index contributed by atoms with van der Waals surface area (Å²) in [6.45, 7) is 9.79. The maximum Gasteiger partial charge on any atom is 0.159 e. The molecular weight excluding hydrogens is 274 g/mol.